The molecular weight excluding hydrogens is 199 g/mol. The Bertz CT molecular complexity index is 247. The van der Waals surface area contributed by atoms with Crippen molar-refractivity contribution in [1.29, 1.82) is 0 Å². The smallest absolute Gasteiger partial charge is 0.343 e. The molecule has 1 aliphatic carbocycles. The fourth-order valence-electron chi connectivity index (χ4n) is 1.67. The zero-order valence-corrected chi connectivity index (χ0v) is 7.81. The third kappa shape index (κ3) is 1.05. The molecule has 0 amide bonds. The molecule has 0 unspecified atom stereocenters. The highest BCUT2D eigenvalue weighted by Gasteiger charge is 2.54. The molecule has 66 valence electrons. The van der Waals surface area contributed by atoms with Crippen LogP contribution in [0, 0.1) is 5.92 Å². The second kappa shape index (κ2) is 2.64. The number of fused-ring (bicyclic) bond motifs is 1. The summed E-state index contributed by atoms with van der Waals surface area (Å²) >= 11 is 11.7. The van der Waals surface area contributed by atoms with Crippen LogP contribution >= 0.6 is 23.2 Å². The number of alkyl halides is 2. The zero-order valence-electron chi connectivity index (χ0n) is 6.30. The number of carbonyl (C=O) groups is 1. The fraction of sp³-hybridized carbons (Fsp3) is 0.625. The van der Waals surface area contributed by atoms with Crippen LogP contribution in [0.5, 0.6) is 0 Å². The summed E-state index contributed by atoms with van der Waals surface area (Å²) in [6.45, 7) is 0. The molecule has 2 nitrogen and oxygen atoms in total. The molecule has 0 aromatic heterocycles. The quantitative estimate of drug-likeness (QED) is 0.345. The highest BCUT2D eigenvalue weighted by atomic mass is 35.5. The van der Waals surface area contributed by atoms with E-state index in [0.717, 1.165) is 12.8 Å². The lowest BCUT2D eigenvalue weighted by Crippen LogP contribution is -2.30. The van der Waals surface area contributed by atoms with Gasteiger partial charge in [-0.05, 0) is 18.9 Å². The minimum atomic E-state index is -1.32. The van der Waals surface area contributed by atoms with E-state index in [1.807, 2.05) is 12.2 Å². The first kappa shape index (κ1) is 8.39. The maximum Gasteiger partial charge on any atom is 0.343 e. The third-order valence-corrected chi connectivity index (χ3v) is 3.22. The zero-order chi connectivity index (χ0) is 8.77. The van der Waals surface area contributed by atoms with Crippen molar-refractivity contribution in [1.82, 2.24) is 0 Å². The first-order chi connectivity index (χ1) is 5.62. The summed E-state index contributed by atoms with van der Waals surface area (Å²) in [4.78, 5) is 11.1. The summed E-state index contributed by atoms with van der Waals surface area (Å²) < 4.78 is 3.67. The molecule has 2 rings (SSSR count). The number of carbonyl (C=O) groups excluding carboxylic acids is 1. The number of rotatable bonds is 0. The van der Waals surface area contributed by atoms with Gasteiger partial charge < -0.3 is 4.74 Å². The predicted octanol–water partition coefficient (Wildman–Crippen LogP) is 2.05. The number of hydrogen-bond donors (Lipinski definition) is 0. The molecule has 0 saturated carbocycles. The molecule has 0 aromatic carbocycles. The predicted molar refractivity (Wildman–Crippen MR) is 46.2 cm³/mol. The number of allylic oxidation sites excluding steroid dienone is 1. The topological polar surface area (TPSA) is 26.3 Å². The Kier molecular flexibility index (Phi) is 1.85. The minimum absolute atomic E-state index is 0.0710. The van der Waals surface area contributed by atoms with Crippen molar-refractivity contribution in [3.8, 4) is 0 Å². The van der Waals surface area contributed by atoms with Crippen molar-refractivity contribution in [3.05, 3.63) is 12.2 Å². The van der Waals surface area contributed by atoms with Gasteiger partial charge in [-0.3, -0.25) is 0 Å². The van der Waals surface area contributed by atoms with E-state index in [1.165, 1.54) is 0 Å². The van der Waals surface area contributed by atoms with E-state index in [-0.39, 0.29) is 12.0 Å². The van der Waals surface area contributed by atoms with Crippen LogP contribution in [0.4, 0.5) is 0 Å². The summed E-state index contributed by atoms with van der Waals surface area (Å²) in [5.41, 5.74) is 0. The first-order valence-electron chi connectivity index (χ1n) is 3.88. The Morgan fingerprint density at radius 2 is 2.33 bits per heavy atom. The van der Waals surface area contributed by atoms with E-state index in [1.54, 1.807) is 0 Å². The number of ether oxygens (including phenoxy) is 1. The van der Waals surface area contributed by atoms with Crippen molar-refractivity contribution in [2.75, 3.05) is 0 Å². The Labute approximate surface area is 80.5 Å². The summed E-state index contributed by atoms with van der Waals surface area (Å²) in [6.07, 6.45) is 5.38. The maximum atomic E-state index is 11.1. The molecule has 0 N–H and O–H groups in total. The summed E-state index contributed by atoms with van der Waals surface area (Å²) in [5, 5.41) is 0. The average molecular weight is 207 g/mol. The van der Waals surface area contributed by atoms with Crippen LogP contribution in [-0.4, -0.2) is 16.4 Å². The minimum Gasteiger partial charge on any atom is -0.455 e. The lowest BCUT2D eigenvalue weighted by Gasteiger charge is -2.22. The summed E-state index contributed by atoms with van der Waals surface area (Å²) in [7, 11) is 0. The van der Waals surface area contributed by atoms with Crippen LogP contribution < -0.4 is 0 Å². The number of hydrogen-bond acceptors (Lipinski definition) is 2. The molecule has 1 heterocycles. The monoisotopic (exact) mass is 206 g/mol. The molecule has 0 bridgehead atoms. The highest BCUT2D eigenvalue weighted by molar-refractivity contribution is 6.58. The van der Waals surface area contributed by atoms with Gasteiger partial charge >= 0.3 is 5.97 Å². The van der Waals surface area contributed by atoms with E-state index in [2.05, 4.69) is 0 Å². The molecule has 1 saturated heterocycles. The van der Waals surface area contributed by atoms with E-state index < -0.39 is 10.3 Å². The van der Waals surface area contributed by atoms with Gasteiger partial charge in [0.25, 0.3) is 0 Å². The number of halogens is 2. The standard InChI is InChI=1S/C8H8Cl2O2/c9-8(10)5-3-1-2-4-6(5)12-7(8)11/h2,4-6H,1,3H2/t5-,6+/m1/s1. The van der Waals surface area contributed by atoms with Gasteiger partial charge in [0.2, 0.25) is 4.33 Å². The normalized spacial score (nSPS) is 37.7. The van der Waals surface area contributed by atoms with Gasteiger partial charge in [0, 0.05) is 5.92 Å². The largest absolute Gasteiger partial charge is 0.455 e. The van der Waals surface area contributed by atoms with Gasteiger partial charge in [-0.25, -0.2) is 4.79 Å². The molecular formula is C8H8Cl2O2. The van der Waals surface area contributed by atoms with Crippen LogP contribution in [0.2, 0.25) is 0 Å². The van der Waals surface area contributed by atoms with E-state index in [4.69, 9.17) is 27.9 Å². The second-order valence-corrected chi connectivity index (χ2v) is 4.49. The lowest BCUT2D eigenvalue weighted by molar-refractivity contribution is -0.140. The molecule has 1 fully saturated rings. The van der Waals surface area contributed by atoms with Crippen LogP contribution in [0.25, 0.3) is 0 Å². The van der Waals surface area contributed by atoms with Crippen molar-refractivity contribution >= 4 is 29.2 Å². The van der Waals surface area contributed by atoms with Crippen LogP contribution in [0.1, 0.15) is 12.8 Å². The maximum absolute atomic E-state index is 11.1. The Morgan fingerprint density at radius 1 is 1.58 bits per heavy atom. The summed E-state index contributed by atoms with van der Waals surface area (Å²) in [6, 6.07) is 0. The van der Waals surface area contributed by atoms with Crippen molar-refractivity contribution in [2.45, 2.75) is 23.3 Å². The molecule has 4 heteroatoms. The fourth-order valence-corrected chi connectivity index (χ4v) is 2.22. The Balaban J connectivity index is 2.30. The molecule has 2 aliphatic rings. The van der Waals surface area contributed by atoms with Crippen molar-refractivity contribution < 1.29 is 9.53 Å². The average Bonchev–Trinajstić information content (AvgIpc) is 2.25. The van der Waals surface area contributed by atoms with Crippen LogP contribution in [0.3, 0.4) is 0 Å². The highest BCUT2D eigenvalue weighted by Crippen LogP contribution is 2.45. The first-order valence-corrected chi connectivity index (χ1v) is 4.63. The SMILES string of the molecule is O=C1O[C@H]2C=CCC[C@H]2C1(Cl)Cl. The van der Waals surface area contributed by atoms with Gasteiger partial charge in [-0.2, -0.15) is 0 Å². The molecule has 0 spiro atoms. The Hall–Kier alpha value is -0.210. The van der Waals surface area contributed by atoms with E-state index >= 15 is 0 Å². The van der Waals surface area contributed by atoms with Crippen LogP contribution in [-0.2, 0) is 9.53 Å². The van der Waals surface area contributed by atoms with E-state index in [9.17, 15) is 4.79 Å². The van der Waals surface area contributed by atoms with Gasteiger partial charge in [0.15, 0.2) is 0 Å². The van der Waals surface area contributed by atoms with E-state index in [0.29, 0.717) is 0 Å². The second-order valence-electron chi connectivity index (χ2n) is 3.10. The van der Waals surface area contributed by atoms with Crippen molar-refractivity contribution in [2.24, 2.45) is 5.92 Å². The van der Waals surface area contributed by atoms with Crippen molar-refractivity contribution in [3.63, 3.8) is 0 Å². The summed E-state index contributed by atoms with van der Waals surface area (Å²) in [5.74, 6) is -0.578. The molecule has 0 radical (unpaired) electrons. The van der Waals surface area contributed by atoms with Gasteiger partial charge in [-0.15, -0.1) is 0 Å². The van der Waals surface area contributed by atoms with Gasteiger partial charge in [0.1, 0.15) is 6.10 Å². The third-order valence-electron chi connectivity index (χ3n) is 2.35. The lowest BCUT2D eigenvalue weighted by atomic mass is 9.90. The van der Waals surface area contributed by atoms with Gasteiger partial charge in [-0.1, -0.05) is 29.3 Å². The van der Waals surface area contributed by atoms with Gasteiger partial charge in [0.05, 0.1) is 0 Å². The van der Waals surface area contributed by atoms with Crippen LogP contribution in [0.15, 0.2) is 12.2 Å². The molecule has 1 aliphatic heterocycles. The Morgan fingerprint density at radius 3 is 3.00 bits per heavy atom. The molecule has 0 aromatic rings. The molecule has 2 atom stereocenters. The molecule has 12 heavy (non-hydrogen) atoms. The number of esters is 1.